The number of nitrogens with zero attached hydrogens (tertiary/aromatic N) is 1. The molecule has 2 aromatic carbocycles. The molecule has 0 saturated heterocycles. The SMILES string of the molecule is C=Cc1ccc2nccc(C(=O)O)c2c1.CCc1ccc2c(c1)C(C(=O)O)CCN2.[O]=[Pt]=[O]. The Morgan fingerprint density at radius 3 is 2.52 bits per heavy atom. The first-order valence-electron chi connectivity index (χ1n) is 10.0. The van der Waals surface area contributed by atoms with Crippen molar-refractivity contribution in [1.29, 1.82) is 0 Å². The second-order valence-corrected chi connectivity index (χ2v) is 7.46. The van der Waals surface area contributed by atoms with E-state index < -0.39 is 30.4 Å². The molecule has 1 unspecified atom stereocenters. The molecular weight excluding hydrogens is 607 g/mol. The number of benzene rings is 2. The summed E-state index contributed by atoms with van der Waals surface area (Å²) in [4.78, 5) is 26.2. The molecule has 176 valence electrons. The molecule has 0 radical (unpaired) electrons. The topological polar surface area (TPSA) is 134 Å². The van der Waals surface area contributed by atoms with E-state index in [4.69, 9.17) is 17.0 Å². The first-order chi connectivity index (χ1) is 15.9. The van der Waals surface area contributed by atoms with Crippen molar-refractivity contribution >= 4 is 34.6 Å². The molecule has 3 aromatic rings. The van der Waals surface area contributed by atoms with Crippen LogP contribution in [-0.2, 0) is 36.5 Å². The zero-order chi connectivity index (χ0) is 24.4. The normalized spacial score (nSPS) is 13.9. The molecule has 33 heavy (non-hydrogen) atoms. The van der Waals surface area contributed by atoms with Gasteiger partial charge in [0.1, 0.15) is 0 Å². The van der Waals surface area contributed by atoms with Crippen LogP contribution in [-0.4, -0.2) is 33.7 Å². The van der Waals surface area contributed by atoms with Gasteiger partial charge in [0.15, 0.2) is 0 Å². The van der Waals surface area contributed by atoms with E-state index in [0.717, 1.165) is 29.8 Å². The predicted octanol–water partition coefficient (Wildman–Crippen LogP) is 4.57. The summed E-state index contributed by atoms with van der Waals surface area (Å²) in [5, 5.41) is 22.0. The van der Waals surface area contributed by atoms with Crippen LogP contribution >= 0.6 is 0 Å². The van der Waals surface area contributed by atoms with Gasteiger partial charge in [-0.2, -0.15) is 0 Å². The average Bonchev–Trinajstić information content (AvgIpc) is 2.83. The molecule has 0 saturated carbocycles. The predicted molar refractivity (Wildman–Crippen MR) is 119 cm³/mol. The number of anilines is 1. The third-order valence-electron chi connectivity index (χ3n) is 5.18. The van der Waals surface area contributed by atoms with E-state index in [1.54, 1.807) is 18.2 Å². The third-order valence-corrected chi connectivity index (χ3v) is 5.18. The number of pyridine rings is 1. The van der Waals surface area contributed by atoms with Crippen molar-refractivity contribution in [2.24, 2.45) is 0 Å². The van der Waals surface area contributed by atoms with Gasteiger partial charge in [-0.05, 0) is 53.8 Å². The molecule has 1 aromatic heterocycles. The molecular formula is C24H24N2O6Pt. The summed E-state index contributed by atoms with van der Waals surface area (Å²) in [6, 6.07) is 13.0. The Balaban J connectivity index is 0.000000209. The number of aryl methyl sites for hydroxylation is 1. The van der Waals surface area contributed by atoms with E-state index in [1.807, 2.05) is 18.2 Å². The van der Waals surface area contributed by atoms with E-state index in [9.17, 15) is 9.59 Å². The summed E-state index contributed by atoms with van der Waals surface area (Å²) in [7, 11) is 0. The van der Waals surface area contributed by atoms with Crippen LogP contribution in [0, 0.1) is 0 Å². The van der Waals surface area contributed by atoms with Crippen molar-refractivity contribution < 1.29 is 45.1 Å². The van der Waals surface area contributed by atoms with Crippen molar-refractivity contribution in [2.45, 2.75) is 25.7 Å². The van der Waals surface area contributed by atoms with Gasteiger partial charge in [0, 0.05) is 23.8 Å². The molecule has 8 nitrogen and oxygen atoms in total. The molecule has 0 bridgehead atoms. The quantitative estimate of drug-likeness (QED) is 0.382. The Labute approximate surface area is 199 Å². The molecule has 9 heteroatoms. The summed E-state index contributed by atoms with van der Waals surface area (Å²) in [6.07, 6.45) is 4.80. The Bertz CT molecular complexity index is 1200. The van der Waals surface area contributed by atoms with Crippen LogP contribution in [0.1, 0.15) is 46.3 Å². The second-order valence-electron chi connectivity index (χ2n) is 7.08. The fourth-order valence-corrected chi connectivity index (χ4v) is 3.52. The van der Waals surface area contributed by atoms with E-state index >= 15 is 0 Å². The van der Waals surface area contributed by atoms with Gasteiger partial charge in [-0.1, -0.05) is 37.8 Å². The number of nitrogens with one attached hydrogen (secondary N) is 1. The number of carbonyl (C=O) groups is 2. The third kappa shape index (κ3) is 6.80. The molecule has 0 amide bonds. The zero-order valence-corrected chi connectivity index (χ0v) is 20.2. The Kier molecular flexibility index (Phi) is 9.88. The molecule has 0 aliphatic carbocycles. The zero-order valence-electron chi connectivity index (χ0n) is 17.9. The minimum atomic E-state index is -1.92. The Hall–Kier alpha value is -3.38. The van der Waals surface area contributed by atoms with Gasteiger partial charge < -0.3 is 15.5 Å². The number of aromatic carboxylic acids is 1. The number of carboxylic acids is 2. The number of fused-ring (bicyclic) bond motifs is 2. The van der Waals surface area contributed by atoms with Crippen LogP contribution in [0.5, 0.6) is 0 Å². The van der Waals surface area contributed by atoms with Gasteiger partial charge in [0.05, 0.1) is 17.0 Å². The number of aromatic nitrogens is 1. The van der Waals surface area contributed by atoms with Crippen molar-refractivity contribution in [2.75, 3.05) is 11.9 Å². The van der Waals surface area contributed by atoms with Gasteiger partial charge in [-0.3, -0.25) is 9.78 Å². The fraction of sp³-hybridized carbons (Fsp3) is 0.208. The van der Waals surface area contributed by atoms with Crippen molar-refractivity contribution in [3.8, 4) is 0 Å². The number of carboxylic acid groups (broad SMARTS) is 2. The maximum absolute atomic E-state index is 11.1. The summed E-state index contributed by atoms with van der Waals surface area (Å²) in [6.45, 7) is 6.47. The van der Waals surface area contributed by atoms with Crippen LogP contribution in [0.2, 0.25) is 0 Å². The number of hydrogen-bond acceptors (Lipinski definition) is 6. The molecule has 3 N–H and O–H groups in total. The first-order valence-corrected chi connectivity index (χ1v) is 11.9. The van der Waals surface area contributed by atoms with Gasteiger partial charge in [-0.15, -0.1) is 0 Å². The number of rotatable bonds is 4. The standard InChI is InChI=1S/C12H15NO2.C12H9NO2.2O.Pt/c2*1-2-8-3-4-11-10(7-8)9(12(14)15)5-6-13-11;;;/h3-4,7,9,13H,2,5-6H2,1H3,(H,14,15);2-7H,1H2,(H,14,15);;;. The van der Waals surface area contributed by atoms with Gasteiger partial charge in [0.2, 0.25) is 0 Å². The Morgan fingerprint density at radius 2 is 1.91 bits per heavy atom. The van der Waals surface area contributed by atoms with Gasteiger partial charge in [0.25, 0.3) is 0 Å². The van der Waals surface area contributed by atoms with E-state index in [2.05, 4.69) is 29.9 Å². The number of hydrogen-bond donors (Lipinski definition) is 3. The molecule has 0 spiro atoms. The molecule has 1 aliphatic heterocycles. The van der Waals surface area contributed by atoms with E-state index in [0.29, 0.717) is 17.3 Å². The van der Waals surface area contributed by atoms with Crippen molar-refractivity contribution in [3.63, 3.8) is 0 Å². The minimum absolute atomic E-state index is 0.267. The Morgan fingerprint density at radius 1 is 1.18 bits per heavy atom. The van der Waals surface area contributed by atoms with Crippen molar-refractivity contribution in [3.05, 3.63) is 77.5 Å². The van der Waals surface area contributed by atoms with Crippen molar-refractivity contribution in [1.82, 2.24) is 4.98 Å². The monoisotopic (exact) mass is 631 g/mol. The van der Waals surface area contributed by atoms with Gasteiger partial charge >= 0.3 is 37.2 Å². The van der Waals surface area contributed by atoms with Crippen LogP contribution in [0.15, 0.2) is 55.2 Å². The molecule has 0 fully saturated rings. The number of aliphatic carboxylic acids is 1. The molecule has 1 atom stereocenters. The maximum atomic E-state index is 11.1. The average molecular weight is 632 g/mol. The summed E-state index contributed by atoms with van der Waals surface area (Å²) < 4.78 is 17.0. The molecule has 2 heterocycles. The van der Waals surface area contributed by atoms with Gasteiger partial charge in [-0.25, -0.2) is 4.79 Å². The van der Waals surface area contributed by atoms with E-state index in [-0.39, 0.29) is 11.5 Å². The summed E-state index contributed by atoms with van der Waals surface area (Å²) >= 11 is -1.92. The van der Waals surface area contributed by atoms with E-state index in [1.165, 1.54) is 17.8 Å². The summed E-state index contributed by atoms with van der Waals surface area (Å²) in [5.41, 5.74) is 4.95. The fourth-order valence-electron chi connectivity index (χ4n) is 3.52. The van der Waals surface area contributed by atoms with Crippen LogP contribution in [0.25, 0.3) is 17.0 Å². The van der Waals surface area contributed by atoms with Crippen LogP contribution in [0.3, 0.4) is 0 Å². The second kappa shape index (κ2) is 12.6. The first kappa shape index (κ1) is 25.9. The van der Waals surface area contributed by atoms with Crippen LogP contribution < -0.4 is 5.32 Å². The molecule has 4 rings (SSSR count). The van der Waals surface area contributed by atoms with Crippen LogP contribution in [0.4, 0.5) is 5.69 Å². The summed E-state index contributed by atoms with van der Waals surface area (Å²) in [5.74, 6) is -2.00. The molecule has 1 aliphatic rings.